The first kappa shape index (κ1) is 17.5. The number of aliphatic carboxylic acids is 2. The predicted molar refractivity (Wildman–Crippen MR) is 56.1 cm³/mol. The van der Waals surface area contributed by atoms with Gasteiger partial charge in [0.2, 0.25) is 0 Å². The van der Waals surface area contributed by atoms with Gasteiger partial charge >= 0.3 is 29.0 Å². The Morgan fingerprint density at radius 1 is 1.00 bits per heavy atom. The Morgan fingerprint density at radius 2 is 1.27 bits per heavy atom. The Labute approximate surface area is 105 Å². The first-order valence-corrected chi connectivity index (χ1v) is 6.15. The van der Waals surface area contributed by atoms with E-state index < -0.39 is 24.0 Å². The molecular formula is C6H12CuN2O4S2+. The molecule has 0 fully saturated rings. The molecule has 92 valence electrons. The summed E-state index contributed by atoms with van der Waals surface area (Å²) in [6, 6.07) is -1.85. The van der Waals surface area contributed by atoms with E-state index >= 15 is 0 Å². The van der Waals surface area contributed by atoms with Crippen LogP contribution in [0.25, 0.3) is 0 Å². The standard InChI is InChI=1S/C6H12N2O4S2.Cu/c7-3(5(9)10)1-13-14-2-4(8)6(11)12;/h3-4H,1-2,7-8H2,(H,9,10)(H,11,12);/q;+1. The SMILES string of the molecule is NC(CSSCC(N)C(=O)O)C(=O)O.[Cu+]. The average molecular weight is 304 g/mol. The van der Waals surface area contributed by atoms with Crippen LogP contribution in [-0.4, -0.2) is 45.7 Å². The van der Waals surface area contributed by atoms with Crippen molar-refractivity contribution >= 4 is 33.5 Å². The fraction of sp³-hybridized carbons (Fsp3) is 0.667. The fourth-order valence-electron chi connectivity index (χ4n) is 0.385. The van der Waals surface area contributed by atoms with Crippen LogP contribution in [0.1, 0.15) is 0 Å². The fourth-order valence-corrected chi connectivity index (χ4v) is 2.61. The molecule has 0 bridgehead atoms. The molecule has 0 spiro atoms. The second kappa shape index (κ2) is 9.32. The number of nitrogens with two attached hydrogens (primary N) is 2. The van der Waals surface area contributed by atoms with E-state index in [0.717, 1.165) is 0 Å². The first-order chi connectivity index (χ1) is 6.45. The zero-order chi connectivity index (χ0) is 11.1. The number of hydrogen-bond acceptors (Lipinski definition) is 6. The van der Waals surface area contributed by atoms with E-state index in [2.05, 4.69) is 0 Å². The third kappa shape index (κ3) is 9.03. The van der Waals surface area contributed by atoms with Crippen molar-refractivity contribution in [1.29, 1.82) is 0 Å². The Morgan fingerprint density at radius 3 is 1.47 bits per heavy atom. The van der Waals surface area contributed by atoms with E-state index in [1.807, 2.05) is 0 Å². The van der Waals surface area contributed by atoms with E-state index in [4.69, 9.17) is 21.7 Å². The van der Waals surface area contributed by atoms with E-state index in [9.17, 15) is 9.59 Å². The zero-order valence-corrected chi connectivity index (χ0v) is 10.1. The first-order valence-electron chi connectivity index (χ1n) is 3.66. The third-order valence-corrected chi connectivity index (χ3v) is 3.69. The topological polar surface area (TPSA) is 127 Å². The summed E-state index contributed by atoms with van der Waals surface area (Å²) in [6.45, 7) is 0. The van der Waals surface area contributed by atoms with Crippen molar-refractivity contribution in [2.45, 2.75) is 12.1 Å². The van der Waals surface area contributed by atoms with Crippen LogP contribution in [0.3, 0.4) is 0 Å². The van der Waals surface area contributed by atoms with Gasteiger partial charge in [-0.05, 0) is 0 Å². The van der Waals surface area contributed by atoms with Gasteiger partial charge < -0.3 is 21.7 Å². The monoisotopic (exact) mass is 303 g/mol. The van der Waals surface area contributed by atoms with Gasteiger partial charge in [0.15, 0.2) is 0 Å². The molecule has 6 nitrogen and oxygen atoms in total. The minimum absolute atomic E-state index is 0. The number of hydrogen-bond donors (Lipinski definition) is 4. The normalized spacial score (nSPS) is 13.7. The summed E-state index contributed by atoms with van der Waals surface area (Å²) in [6.07, 6.45) is 0. The van der Waals surface area contributed by atoms with Crippen LogP contribution < -0.4 is 11.5 Å². The second-order valence-electron chi connectivity index (χ2n) is 2.46. The second-order valence-corrected chi connectivity index (χ2v) is 5.01. The number of carboxylic acids is 2. The van der Waals surface area contributed by atoms with Crippen molar-refractivity contribution in [1.82, 2.24) is 0 Å². The molecule has 0 aliphatic rings. The molecule has 0 saturated carbocycles. The van der Waals surface area contributed by atoms with Crippen LogP contribution in [0.15, 0.2) is 0 Å². The van der Waals surface area contributed by atoms with E-state index in [1.54, 1.807) is 0 Å². The quantitative estimate of drug-likeness (QED) is 0.273. The van der Waals surface area contributed by atoms with E-state index in [-0.39, 0.29) is 28.6 Å². The van der Waals surface area contributed by atoms with Gasteiger partial charge in [-0.2, -0.15) is 0 Å². The molecule has 0 saturated heterocycles. The number of carboxylic acid groups (broad SMARTS) is 2. The minimum Gasteiger partial charge on any atom is -0.480 e. The van der Waals surface area contributed by atoms with Crippen molar-refractivity contribution in [2.24, 2.45) is 11.5 Å². The third-order valence-electron chi connectivity index (χ3n) is 1.21. The Balaban J connectivity index is 0. The van der Waals surface area contributed by atoms with Crippen molar-refractivity contribution < 1.29 is 36.9 Å². The van der Waals surface area contributed by atoms with Crippen LogP contribution in [0, 0.1) is 0 Å². The zero-order valence-electron chi connectivity index (χ0n) is 7.55. The molecule has 0 heterocycles. The van der Waals surface area contributed by atoms with Crippen LogP contribution in [0.2, 0.25) is 0 Å². The summed E-state index contributed by atoms with van der Waals surface area (Å²) < 4.78 is 0. The van der Waals surface area contributed by atoms with Gasteiger partial charge in [-0.15, -0.1) is 0 Å². The van der Waals surface area contributed by atoms with Crippen LogP contribution in [0.5, 0.6) is 0 Å². The average Bonchev–Trinajstić information content (AvgIpc) is 2.11. The summed E-state index contributed by atoms with van der Waals surface area (Å²) in [5.74, 6) is -1.68. The van der Waals surface area contributed by atoms with Crippen molar-refractivity contribution in [3.8, 4) is 0 Å². The van der Waals surface area contributed by atoms with Crippen molar-refractivity contribution in [3.63, 3.8) is 0 Å². The largest absolute Gasteiger partial charge is 1.00 e. The molecule has 2 atom stereocenters. The van der Waals surface area contributed by atoms with Crippen LogP contribution in [-0.2, 0) is 26.7 Å². The van der Waals surface area contributed by atoms with Crippen molar-refractivity contribution in [2.75, 3.05) is 11.5 Å². The number of carbonyl (C=O) groups is 2. The Kier molecular flexibility index (Phi) is 10.9. The van der Waals surface area contributed by atoms with Gasteiger partial charge in [0.1, 0.15) is 12.1 Å². The molecule has 0 aromatic carbocycles. The smallest absolute Gasteiger partial charge is 0.480 e. The predicted octanol–water partition coefficient (Wildman–Crippen LogP) is -0.811. The summed E-state index contributed by atoms with van der Waals surface area (Å²) in [4.78, 5) is 20.5. The Bertz CT molecular complexity index is 197. The summed E-state index contributed by atoms with van der Waals surface area (Å²) in [5.41, 5.74) is 10.4. The molecule has 0 aromatic rings. The summed E-state index contributed by atoms with van der Waals surface area (Å²) in [7, 11) is 2.41. The van der Waals surface area contributed by atoms with Gasteiger partial charge in [-0.25, -0.2) is 0 Å². The Hall–Kier alpha value is 0.0795. The molecule has 6 N–H and O–H groups in total. The van der Waals surface area contributed by atoms with Crippen LogP contribution >= 0.6 is 21.6 Å². The maximum absolute atomic E-state index is 10.3. The van der Waals surface area contributed by atoms with Gasteiger partial charge in [0.05, 0.1) is 0 Å². The van der Waals surface area contributed by atoms with Gasteiger partial charge in [0, 0.05) is 11.5 Å². The molecule has 0 radical (unpaired) electrons. The molecule has 0 amide bonds. The van der Waals surface area contributed by atoms with Crippen LogP contribution in [0.4, 0.5) is 0 Å². The summed E-state index contributed by atoms with van der Waals surface area (Å²) in [5, 5.41) is 16.8. The summed E-state index contributed by atoms with van der Waals surface area (Å²) >= 11 is 0. The number of rotatable bonds is 7. The minimum atomic E-state index is -1.07. The molecule has 9 heteroatoms. The van der Waals surface area contributed by atoms with Gasteiger partial charge in [-0.3, -0.25) is 9.59 Å². The molecule has 2 unspecified atom stereocenters. The van der Waals surface area contributed by atoms with E-state index in [1.165, 1.54) is 21.6 Å². The molecule has 0 aliphatic heterocycles. The maximum atomic E-state index is 10.3. The molecule has 0 rings (SSSR count). The molecular weight excluding hydrogens is 292 g/mol. The molecule has 0 aromatic heterocycles. The van der Waals surface area contributed by atoms with Crippen molar-refractivity contribution in [3.05, 3.63) is 0 Å². The van der Waals surface area contributed by atoms with Gasteiger partial charge in [-0.1, -0.05) is 21.6 Å². The molecule has 15 heavy (non-hydrogen) atoms. The van der Waals surface area contributed by atoms with E-state index in [0.29, 0.717) is 0 Å². The molecule has 0 aliphatic carbocycles. The maximum Gasteiger partial charge on any atom is 1.00 e. The van der Waals surface area contributed by atoms with Gasteiger partial charge in [0.25, 0.3) is 0 Å².